The minimum Gasteiger partial charge on any atom is -0.462 e. The van der Waals surface area contributed by atoms with Gasteiger partial charge in [-0.2, -0.15) is 9.37 Å². The molecule has 0 bridgehead atoms. The van der Waals surface area contributed by atoms with Gasteiger partial charge in [0.1, 0.15) is 24.5 Å². The molecule has 0 saturated carbocycles. The highest BCUT2D eigenvalue weighted by Gasteiger charge is 2.41. The lowest BCUT2D eigenvalue weighted by Gasteiger charge is -2.28. The van der Waals surface area contributed by atoms with E-state index in [2.05, 4.69) is 12.4 Å². The van der Waals surface area contributed by atoms with Crippen molar-refractivity contribution in [2.45, 2.75) is 32.4 Å². The molecule has 224 valence electrons. The zero-order valence-electron chi connectivity index (χ0n) is 24.2. The number of hydrogen-bond donors (Lipinski definition) is 2. The summed E-state index contributed by atoms with van der Waals surface area (Å²) >= 11 is 6.22. The lowest BCUT2D eigenvalue weighted by Crippen LogP contribution is -2.49. The number of rotatable bonds is 9. The van der Waals surface area contributed by atoms with Crippen molar-refractivity contribution in [3.05, 3.63) is 88.4 Å². The van der Waals surface area contributed by atoms with Crippen molar-refractivity contribution in [3.8, 4) is 11.5 Å². The number of quaternary nitrogens is 1. The van der Waals surface area contributed by atoms with Crippen LogP contribution in [0.4, 0.5) is 10.5 Å². The van der Waals surface area contributed by atoms with Gasteiger partial charge in [0.05, 0.1) is 32.2 Å². The number of carbonyl (C=O) groups is 3. The van der Waals surface area contributed by atoms with Gasteiger partial charge in [0.15, 0.2) is 17.5 Å². The summed E-state index contributed by atoms with van der Waals surface area (Å²) in [5, 5.41) is 3.43. The number of nitrogens with two attached hydrogens (primary N) is 1. The van der Waals surface area contributed by atoms with E-state index in [0.29, 0.717) is 40.3 Å². The number of benzene rings is 3. The lowest BCUT2D eigenvalue weighted by atomic mass is 10.0. The highest BCUT2D eigenvalue weighted by molar-refractivity contribution is 6.30. The molecule has 0 aliphatic carbocycles. The number of carbonyl (C=O) groups excluding carboxylic acids is 3. The maximum atomic E-state index is 14.0. The predicted octanol–water partition coefficient (Wildman–Crippen LogP) is 4.38. The van der Waals surface area contributed by atoms with Crippen LogP contribution >= 0.6 is 11.6 Å². The average molecular weight is 607 g/mol. The number of fused-ring (bicyclic) bond motifs is 1. The van der Waals surface area contributed by atoms with Gasteiger partial charge >= 0.3 is 12.0 Å². The second-order valence-corrected chi connectivity index (χ2v) is 11.4. The van der Waals surface area contributed by atoms with Crippen molar-refractivity contribution in [1.82, 2.24) is 0 Å². The van der Waals surface area contributed by atoms with Crippen LogP contribution in [0.25, 0.3) is 0 Å². The molecule has 3 N–H and O–H groups in total. The third kappa shape index (κ3) is 7.15. The normalized spacial score (nSPS) is 19.0. The first kappa shape index (κ1) is 30.1. The van der Waals surface area contributed by atoms with Gasteiger partial charge in [-0.1, -0.05) is 23.7 Å². The summed E-state index contributed by atoms with van der Waals surface area (Å²) in [5.41, 5.74) is 9.45. The fraction of sp³-hybridized carbons (Fsp3) is 0.312. The summed E-state index contributed by atoms with van der Waals surface area (Å²) in [5.74, 6) is 0.372. The van der Waals surface area contributed by atoms with Crippen molar-refractivity contribution >= 4 is 40.9 Å². The molecule has 2 atom stereocenters. The minimum absolute atomic E-state index is 0.195. The monoisotopic (exact) mass is 606 g/mol. The van der Waals surface area contributed by atoms with Crippen molar-refractivity contribution < 1.29 is 37.7 Å². The van der Waals surface area contributed by atoms with Gasteiger partial charge < -0.3 is 24.4 Å². The van der Waals surface area contributed by atoms with E-state index in [0.717, 1.165) is 34.9 Å². The molecular formula is C32H35ClN4O6+2. The third-order valence-electron chi connectivity index (χ3n) is 7.67. The Labute approximate surface area is 255 Å². The zero-order valence-corrected chi connectivity index (χ0v) is 24.9. The maximum Gasteiger partial charge on any atom is 0.496 e. The molecule has 3 aromatic carbocycles. The van der Waals surface area contributed by atoms with E-state index in [4.69, 9.17) is 31.5 Å². The average Bonchev–Trinajstić information content (AvgIpc) is 3.59. The molecule has 11 heteroatoms. The number of nitrogens with zero attached hydrogens (tertiary/aromatic N) is 2. The molecule has 43 heavy (non-hydrogen) atoms. The van der Waals surface area contributed by atoms with E-state index in [-0.39, 0.29) is 19.8 Å². The number of ether oxygens (including phenoxy) is 3. The smallest absolute Gasteiger partial charge is 0.462 e. The SMILES string of the molecule is CCOC(=O)c1ccc(NC(=O)/[N+](=C2/CC[N+](C)(Cc3ccc4c(c3)OCO4)C2)[C@@H](Cc2cccc(Cl)c2)C(N)=O)cc1. The topological polar surface area (TPSA) is 120 Å². The first-order valence-corrected chi connectivity index (χ1v) is 14.5. The fourth-order valence-corrected chi connectivity index (χ4v) is 5.82. The summed E-state index contributed by atoms with van der Waals surface area (Å²) in [7, 11) is 2.12. The molecule has 5 rings (SSSR count). The largest absolute Gasteiger partial charge is 0.496 e. The summed E-state index contributed by atoms with van der Waals surface area (Å²) in [4.78, 5) is 39.0. The molecule has 10 nitrogen and oxygen atoms in total. The molecular weight excluding hydrogens is 572 g/mol. The van der Waals surface area contributed by atoms with Crippen LogP contribution in [0.5, 0.6) is 11.5 Å². The lowest BCUT2D eigenvalue weighted by molar-refractivity contribution is -0.907. The van der Waals surface area contributed by atoms with Crippen LogP contribution in [0.3, 0.4) is 0 Å². The number of nitrogens with one attached hydrogen (secondary N) is 1. The first-order valence-electron chi connectivity index (χ1n) is 14.1. The number of esters is 1. The Bertz CT molecular complexity index is 1570. The maximum absolute atomic E-state index is 14.0. The molecule has 1 fully saturated rings. The van der Waals surface area contributed by atoms with Crippen LogP contribution in [0.2, 0.25) is 5.02 Å². The van der Waals surface area contributed by atoms with Crippen LogP contribution < -0.4 is 20.5 Å². The fourth-order valence-electron chi connectivity index (χ4n) is 5.61. The molecule has 3 aromatic rings. The Balaban J connectivity index is 1.44. The number of halogens is 1. The van der Waals surface area contributed by atoms with Crippen LogP contribution in [-0.2, 0) is 22.5 Å². The Hall–Kier alpha value is -4.41. The summed E-state index contributed by atoms with van der Waals surface area (Å²) in [6.07, 6.45) is 0.788. The van der Waals surface area contributed by atoms with E-state index < -0.39 is 23.9 Å². The molecule has 1 saturated heterocycles. The number of anilines is 1. The number of hydrogen-bond acceptors (Lipinski definition) is 6. The van der Waals surface area contributed by atoms with E-state index in [9.17, 15) is 14.4 Å². The van der Waals surface area contributed by atoms with Crippen LogP contribution in [0, 0.1) is 0 Å². The van der Waals surface area contributed by atoms with Crippen molar-refractivity contribution in [2.24, 2.45) is 5.73 Å². The van der Waals surface area contributed by atoms with E-state index >= 15 is 0 Å². The van der Waals surface area contributed by atoms with Crippen molar-refractivity contribution in [3.63, 3.8) is 0 Å². The third-order valence-corrected chi connectivity index (χ3v) is 7.91. The molecule has 2 aliphatic heterocycles. The highest BCUT2D eigenvalue weighted by Crippen LogP contribution is 2.34. The van der Waals surface area contributed by atoms with Gasteiger partial charge in [0.25, 0.3) is 5.91 Å². The molecule has 2 aliphatic rings. The van der Waals surface area contributed by atoms with E-state index in [1.54, 1.807) is 49.4 Å². The molecule has 1 unspecified atom stereocenters. The van der Waals surface area contributed by atoms with Gasteiger partial charge in [0, 0.05) is 17.0 Å². The molecule has 0 spiro atoms. The quantitative estimate of drug-likeness (QED) is 0.212. The Kier molecular flexibility index (Phi) is 8.98. The van der Waals surface area contributed by atoms with Gasteiger partial charge in [-0.25, -0.2) is 10.1 Å². The summed E-state index contributed by atoms with van der Waals surface area (Å²) in [6, 6.07) is 18.0. The van der Waals surface area contributed by atoms with Crippen LogP contribution in [-0.4, -0.2) is 72.3 Å². The van der Waals surface area contributed by atoms with Crippen molar-refractivity contribution in [1.29, 1.82) is 0 Å². The summed E-state index contributed by atoms with van der Waals surface area (Å²) in [6.45, 7) is 4.19. The predicted molar refractivity (Wildman–Crippen MR) is 162 cm³/mol. The molecule has 0 radical (unpaired) electrons. The Morgan fingerprint density at radius 2 is 1.81 bits per heavy atom. The summed E-state index contributed by atoms with van der Waals surface area (Å²) < 4.78 is 18.2. The molecule has 2 heterocycles. The van der Waals surface area contributed by atoms with Gasteiger partial charge in [-0.3, -0.25) is 4.79 Å². The molecule has 3 amide bonds. The van der Waals surface area contributed by atoms with Crippen LogP contribution in [0.15, 0.2) is 66.7 Å². The highest BCUT2D eigenvalue weighted by atomic mass is 35.5. The van der Waals surface area contributed by atoms with E-state index in [1.165, 1.54) is 4.58 Å². The van der Waals surface area contributed by atoms with Crippen LogP contribution in [0.1, 0.15) is 34.8 Å². The Morgan fingerprint density at radius 1 is 1.05 bits per heavy atom. The first-order chi connectivity index (χ1) is 20.6. The zero-order chi connectivity index (χ0) is 30.6. The van der Waals surface area contributed by atoms with Gasteiger partial charge in [0.2, 0.25) is 6.79 Å². The minimum atomic E-state index is -0.954. The molecule has 0 aromatic heterocycles. The second-order valence-electron chi connectivity index (χ2n) is 11.0. The van der Waals surface area contributed by atoms with Gasteiger partial charge in [-0.15, -0.1) is 0 Å². The number of urea groups is 1. The van der Waals surface area contributed by atoms with Crippen molar-refractivity contribution in [2.75, 3.05) is 38.9 Å². The second kappa shape index (κ2) is 12.8. The van der Waals surface area contributed by atoms with Gasteiger partial charge in [-0.05, 0) is 67.1 Å². The number of likely N-dealkylation sites (tertiary alicyclic amines) is 1. The standard InChI is InChI=1S/C32H33ClN4O6/c1-3-41-31(39)23-8-10-25(11-9-23)35-32(40)36(27(30(34)38)16-21-5-4-6-24(33)15-21)26-13-14-37(2,19-26)18-22-7-12-28-29(17-22)43-20-42-28/h4-12,15,17,27H,3,13-14,16,18-20H2,1-2H3,(H-2,34,35,38,39,40)/p+2/b36-26-/t27-,37?/m0/s1. The van der Waals surface area contributed by atoms with E-state index in [1.807, 2.05) is 24.3 Å². The Morgan fingerprint density at radius 3 is 2.53 bits per heavy atom. The number of primary amides is 1. The number of amides is 3.